The summed E-state index contributed by atoms with van der Waals surface area (Å²) in [5, 5.41) is 13.8. The second kappa shape index (κ2) is 6.58. The molecule has 0 amide bonds. The summed E-state index contributed by atoms with van der Waals surface area (Å²) in [5.41, 5.74) is 0.370. The van der Waals surface area contributed by atoms with Crippen LogP contribution in [0.5, 0.6) is 0 Å². The van der Waals surface area contributed by atoms with Crippen molar-refractivity contribution >= 4 is 5.69 Å². The molecule has 1 N–H and O–H groups in total. The minimum Gasteiger partial charge on any atom is -0.378 e. The summed E-state index contributed by atoms with van der Waals surface area (Å²) in [6.07, 6.45) is 3.43. The highest BCUT2D eigenvalue weighted by Crippen LogP contribution is 2.17. The first-order valence-corrected chi connectivity index (χ1v) is 6.41. The van der Waals surface area contributed by atoms with Gasteiger partial charge in [0, 0.05) is 19.2 Å². The number of benzene rings is 1. The van der Waals surface area contributed by atoms with Gasteiger partial charge in [-0.25, -0.2) is 4.39 Å². The molecule has 0 saturated carbocycles. The van der Waals surface area contributed by atoms with Crippen molar-refractivity contribution in [2.24, 2.45) is 0 Å². The van der Waals surface area contributed by atoms with Crippen molar-refractivity contribution < 1.29 is 14.1 Å². The van der Waals surface area contributed by atoms with Crippen LogP contribution in [0.3, 0.4) is 0 Å². The Bertz CT molecular complexity index is 448. The fourth-order valence-corrected chi connectivity index (χ4v) is 2.21. The average molecular weight is 268 g/mol. The normalized spacial score (nSPS) is 18.7. The summed E-state index contributed by atoms with van der Waals surface area (Å²) < 4.78 is 18.7. The Morgan fingerprint density at radius 3 is 3.00 bits per heavy atom. The largest absolute Gasteiger partial charge is 0.378 e. The molecule has 1 heterocycles. The predicted molar refractivity (Wildman–Crippen MR) is 68.4 cm³/mol. The highest BCUT2D eigenvalue weighted by atomic mass is 19.1. The Hall–Kier alpha value is -1.53. The van der Waals surface area contributed by atoms with E-state index >= 15 is 0 Å². The second-order valence-electron chi connectivity index (χ2n) is 4.68. The molecule has 104 valence electrons. The zero-order valence-corrected chi connectivity index (χ0v) is 10.6. The summed E-state index contributed by atoms with van der Waals surface area (Å²) >= 11 is 0. The van der Waals surface area contributed by atoms with Gasteiger partial charge in [-0.3, -0.25) is 10.1 Å². The fourth-order valence-electron chi connectivity index (χ4n) is 2.21. The fraction of sp³-hybridized carbons (Fsp3) is 0.538. The Morgan fingerprint density at radius 2 is 2.32 bits per heavy atom. The summed E-state index contributed by atoms with van der Waals surface area (Å²) in [6.45, 7) is 2.01. The molecule has 1 aromatic rings. The number of ether oxygens (including phenoxy) is 1. The SMILES string of the molecule is O=[N+]([O-])c1cc(F)cc(CNCCC2CCCO2)c1. The van der Waals surface area contributed by atoms with E-state index in [0.717, 1.165) is 38.5 Å². The van der Waals surface area contributed by atoms with Crippen LogP contribution in [-0.4, -0.2) is 24.2 Å². The van der Waals surface area contributed by atoms with Crippen LogP contribution in [0.1, 0.15) is 24.8 Å². The molecule has 0 aliphatic carbocycles. The van der Waals surface area contributed by atoms with Crippen molar-refractivity contribution in [2.75, 3.05) is 13.2 Å². The topological polar surface area (TPSA) is 64.4 Å². The minimum atomic E-state index is -0.584. The van der Waals surface area contributed by atoms with E-state index in [2.05, 4.69) is 5.32 Å². The van der Waals surface area contributed by atoms with E-state index in [0.29, 0.717) is 18.2 Å². The van der Waals surface area contributed by atoms with Crippen LogP contribution in [0.2, 0.25) is 0 Å². The quantitative estimate of drug-likeness (QED) is 0.489. The van der Waals surface area contributed by atoms with Gasteiger partial charge in [0.1, 0.15) is 5.82 Å². The maximum Gasteiger partial charge on any atom is 0.272 e. The summed E-state index contributed by atoms with van der Waals surface area (Å²) in [4.78, 5) is 10.0. The molecule has 1 atom stereocenters. The summed E-state index contributed by atoms with van der Waals surface area (Å²) in [5.74, 6) is -0.579. The Labute approximate surface area is 110 Å². The lowest BCUT2D eigenvalue weighted by Crippen LogP contribution is -2.20. The lowest BCUT2D eigenvalue weighted by Gasteiger charge is -2.10. The molecule has 0 radical (unpaired) electrons. The predicted octanol–water partition coefficient (Wildman–Crippen LogP) is 2.39. The van der Waals surface area contributed by atoms with Crippen LogP contribution in [0, 0.1) is 15.9 Å². The number of rotatable bonds is 6. The molecular weight excluding hydrogens is 251 g/mol. The van der Waals surface area contributed by atoms with Gasteiger partial charge in [-0.1, -0.05) is 0 Å². The smallest absolute Gasteiger partial charge is 0.272 e. The third kappa shape index (κ3) is 4.25. The van der Waals surface area contributed by atoms with Crippen LogP contribution < -0.4 is 5.32 Å². The van der Waals surface area contributed by atoms with Crippen molar-refractivity contribution in [3.63, 3.8) is 0 Å². The molecule has 1 unspecified atom stereocenters. The monoisotopic (exact) mass is 268 g/mol. The molecule has 1 aromatic carbocycles. The molecule has 6 heteroatoms. The van der Waals surface area contributed by atoms with Gasteiger partial charge in [0.15, 0.2) is 0 Å². The number of nitrogens with zero attached hydrogens (tertiary/aromatic N) is 1. The van der Waals surface area contributed by atoms with Crippen LogP contribution >= 0.6 is 0 Å². The van der Waals surface area contributed by atoms with Crippen molar-refractivity contribution in [3.05, 3.63) is 39.7 Å². The molecule has 2 rings (SSSR count). The average Bonchev–Trinajstić information content (AvgIpc) is 2.87. The third-order valence-corrected chi connectivity index (χ3v) is 3.15. The second-order valence-corrected chi connectivity index (χ2v) is 4.68. The van der Waals surface area contributed by atoms with Gasteiger partial charge < -0.3 is 10.1 Å². The molecule has 1 aliphatic heterocycles. The first kappa shape index (κ1) is 13.9. The first-order chi connectivity index (χ1) is 9.15. The number of hydrogen-bond acceptors (Lipinski definition) is 4. The number of non-ortho nitro benzene ring substituents is 1. The minimum absolute atomic E-state index is 0.212. The van der Waals surface area contributed by atoms with Gasteiger partial charge in [-0.15, -0.1) is 0 Å². The van der Waals surface area contributed by atoms with Crippen LogP contribution in [0.4, 0.5) is 10.1 Å². The van der Waals surface area contributed by atoms with Crippen LogP contribution in [0.15, 0.2) is 18.2 Å². The summed E-state index contributed by atoms with van der Waals surface area (Å²) in [7, 11) is 0. The number of nitrogens with one attached hydrogen (secondary N) is 1. The maximum absolute atomic E-state index is 13.2. The standard InChI is InChI=1S/C13H17FN2O3/c14-11-6-10(7-12(8-11)16(17)18)9-15-4-3-13-2-1-5-19-13/h6-8,13,15H,1-5,9H2. The van der Waals surface area contributed by atoms with E-state index < -0.39 is 10.7 Å². The van der Waals surface area contributed by atoms with Gasteiger partial charge >= 0.3 is 0 Å². The van der Waals surface area contributed by atoms with Crippen molar-refractivity contribution in [2.45, 2.75) is 31.9 Å². The number of nitro groups is 1. The Balaban J connectivity index is 1.80. The van der Waals surface area contributed by atoms with Crippen molar-refractivity contribution in [1.82, 2.24) is 5.32 Å². The van der Waals surface area contributed by atoms with Gasteiger partial charge in [0.25, 0.3) is 5.69 Å². The summed E-state index contributed by atoms with van der Waals surface area (Å²) in [6, 6.07) is 3.63. The van der Waals surface area contributed by atoms with Gasteiger partial charge in [0.05, 0.1) is 17.1 Å². The molecular formula is C13H17FN2O3. The molecule has 1 saturated heterocycles. The number of hydrogen-bond donors (Lipinski definition) is 1. The number of nitro benzene ring substituents is 1. The van der Waals surface area contributed by atoms with E-state index in [1.807, 2.05) is 0 Å². The zero-order chi connectivity index (χ0) is 13.7. The lowest BCUT2D eigenvalue weighted by molar-refractivity contribution is -0.385. The molecule has 0 bridgehead atoms. The van der Waals surface area contributed by atoms with E-state index in [9.17, 15) is 14.5 Å². The molecule has 0 spiro atoms. The van der Waals surface area contributed by atoms with Gasteiger partial charge in [-0.05, 0) is 37.4 Å². The van der Waals surface area contributed by atoms with Crippen molar-refractivity contribution in [1.29, 1.82) is 0 Å². The van der Waals surface area contributed by atoms with Crippen LogP contribution in [-0.2, 0) is 11.3 Å². The lowest BCUT2D eigenvalue weighted by atomic mass is 10.1. The van der Waals surface area contributed by atoms with Crippen molar-refractivity contribution in [3.8, 4) is 0 Å². The molecule has 19 heavy (non-hydrogen) atoms. The van der Waals surface area contributed by atoms with Crippen LogP contribution in [0.25, 0.3) is 0 Å². The molecule has 0 aromatic heterocycles. The van der Waals surface area contributed by atoms with E-state index in [1.165, 1.54) is 12.1 Å². The molecule has 1 aliphatic rings. The van der Waals surface area contributed by atoms with E-state index in [1.54, 1.807) is 0 Å². The molecule has 5 nitrogen and oxygen atoms in total. The van der Waals surface area contributed by atoms with Gasteiger partial charge in [0.2, 0.25) is 0 Å². The van der Waals surface area contributed by atoms with E-state index in [-0.39, 0.29) is 5.69 Å². The molecule has 1 fully saturated rings. The zero-order valence-electron chi connectivity index (χ0n) is 10.6. The first-order valence-electron chi connectivity index (χ1n) is 6.41. The number of halogens is 1. The maximum atomic E-state index is 13.2. The van der Waals surface area contributed by atoms with Gasteiger partial charge in [-0.2, -0.15) is 0 Å². The third-order valence-electron chi connectivity index (χ3n) is 3.15. The van der Waals surface area contributed by atoms with E-state index in [4.69, 9.17) is 4.74 Å². The highest BCUT2D eigenvalue weighted by Gasteiger charge is 2.14. The highest BCUT2D eigenvalue weighted by molar-refractivity contribution is 5.35. The Kier molecular flexibility index (Phi) is 4.81. The Morgan fingerprint density at radius 1 is 1.47 bits per heavy atom.